The lowest BCUT2D eigenvalue weighted by Crippen LogP contribution is -2.22. The van der Waals surface area contributed by atoms with Crippen LogP contribution in [0.15, 0.2) is 42.6 Å². The SMILES string of the molecule is NCc1ccc(CNC2CCCCc3cccnc32)cc1. The van der Waals surface area contributed by atoms with Crippen molar-refractivity contribution in [2.24, 2.45) is 5.73 Å². The third-order valence-electron chi connectivity index (χ3n) is 4.26. The first-order chi connectivity index (χ1) is 10.4. The molecule has 110 valence electrons. The zero-order valence-electron chi connectivity index (χ0n) is 12.4. The van der Waals surface area contributed by atoms with Gasteiger partial charge < -0.3 is 11.1 Å². The van der Waals surface area contributed by atoms with Gasteiger partial charge in [-0.25, -0.2) is 0 Å². The lowest BCUT2D eigenvalue weighted by atomic mass is 10.0. The molecule has 1 heterocycles. The molecule has 0 amide bonds. The number of fused-ring (bicyclic) bond motifs is 1. The minimum atomic E-state index is 0.373. The monoisotopic (exact) mass is 281 g/mol. The summed E-state index contributed by atoms with van der Waals surface area (Å²) in [6.45, 7) is 1.49. The molecule has 3 rings (SSSR count). The Hall–Kier alpha value is -1.71. The van der Waals surface area contributed by atoms with Crippen LogP contribution in [-0.4, -0.2) is 4.98 Å². The Balaban J connectivity index is 1.69. The van der Waals surface area contributed by atoms with Crippen molar-refractivity contribution in [3.05, 3.63) is 65.0 Å². The molecule has 0 saturated heterocycles. The van der Waals surface area contributed by atoms with Crippen LogP contribution in [0.3, 0.4) is 0 Å². The summed E-state index contributed by atoms with van der Waals surface area (Å²) in [5.41, 5.74) is 10.8. The molecule has 1 aromatic heterocycles. The summed E-state index contributed by atoms with van der Waals surface area (Å²) in [5.74, 6) is 0. The molecule has 2 aromatic rings. The van der Waals surface area contributed by atoms with Gasteiger partial charge in [-0.2, -0.15) is 0 Å². The Bertz CT molecular complexity index is 577. The fourth-order valence-corrected chi connectivity index (χ4v) is 3.01. The van der Waals surface area contributed by atoms with Gasteiger partial charge in [0.1, 0.15) is 0 Å². The molecule has 3 N–H and O–H groups in total. The Kier molecular flexibility index (Phi) is 4.63. The Labute approximate surface area is 126 Å². The molecule has 0 bridgehead atoms. The maximum atomic E-state index is 5.64. The highest BCUT2D eigenvalue weighted by Gasteiger charge is 2.18. The first kappa shape index (κ1) is 14.2. The molecule has 0 spiro atoms. The van der Waals surface area contributed by atoms with Crippen molar-refractivity contribution in [3.63, 3.8) is 0 Å². The zero-order chi connectivity index (χ0) is 14.5. The molecule has 3 nitrogen and oxygen atoms in total. The highest BCUT2D eigenvalue weighted by atomic mass is 14.9. The average molecular weight is 281 g/mol. The molecule has 1 aromatic carbocycles. The maximum Gasteiger partial charge on any atom is 0.0605 e. The highest BCUT2D eigenvalue weighted by Crippen LogP contribution is 2.27. The van der Waals surface area contributed by atoms with Crippen molar-refractivity contribution in [1.29, 1.82) is 0 Å². The minimum Gasteiger partial charge on any atom is -0.326 e. The van der Waals surface area contributed by atoms with E-state index in [1.54, 1.807) is 0 Å². The molecule has 1 aliphatic carbocycles. The van der Waals surface area contributed by atoms with E-state index in [2.05, 4.69) is 40.6 Å². The number of hydrogen-bond donors (Lipinski definition) is 2. The van der Waals surface area contributed by atoms with E-state index in [-0.39, 0.29) is 0 Å². The smallest absolute Gasteiger partial charge is 0.0605 e. The third-order valence-corrected chi connectivity index (χ3v) is 4.26. The van der Waals surface area contributed by atoms with Gasteiger partial charge in [0.25, 0.3) is 0 Å². The minimum absolute atomic E-state index is 0.373. The van der Waals surface area contributed by atoms with E-state index in [0.717, 1.165) is 13.0 Å². The number of aryl methyl sites for hydroxylation is 1. The van der Waals surface area contributed by atoms with E-state index < -0.39 is 0 Å². The molecule has 0 radical (unpaired) electrons. The first-order valence-corrected chi connectivity index (χ1v) is 7.82. The number of nitrogens with two attached hydrogens (primary N) is 1. The summed E-state index contributed by atoms with van der Waals surface area (Å²) in [5, 5.41) is 3.68. The normalized spacial score (nSPS) is 18.0. The van der Waals surface area contributed by atoms with Gasteiger partial charge in [-0.05, 0) is 42.0 Å². The fourth-order valence-electron chi connectivity index (χ4n) is 3.01. The molecule has 1 aliphatic rings. The number of hydrogen-bond acceptors (Lipinski definition) is 3. The van der Waals surface area contributed by atoms with Gasteiger partial charge in [0.05, 0.1) is 11.7 Å². The van der Waals surface area contributed by atoms with Crippen LogP contribution in [0.1, 0.15) is 47.7 Å². The van der Waals surface area contributed by atoms with E-state index in [9.17, 15) is 0 Å². The number of rotatable bonds is 4. The molecule has 0 saturated carbocycles. The van der Waals surface area contributed by atoms with Gasteiger partial charge in [-0.1, -0.05) is 36.8 Å². The second-order valence-electron chi connectivity index (χ2n) is 5.75. The Morgan fingerprint density at radius 1 is 1.10 bits per heavy atom. The van der Waals surface area contributed by atoms with Crippen molar-refractivity contribution in [3.8, 4) is 0 Å². The van der Waals surface area contributed by atoms with E-state index in [0.29, 0.717) is 12.6 Å². The average Bonchev–Trinajstić information content (AvgIpc) is 2.76. The summed E-state index contributed by atoms with van der Waals surface area (Å²) >= 11 is 0. The van der Waals surface area contributed by atoms with Crippen molar-refractivity contribution >= 4 is 0 Å². The summed E-state index contributed by atoms with van der Waals surface area (Å²) in [7, 11) is 0. The number of aromatic nitrogens is 1. The fraction of sp³-hybridized carbons (Fsp3) is 0.389. The molecule has 3 heteroatoms. The van der Waals surface area contributed by atoms with E-state index in [4.69, 9.17) is 5.73 Å². The quantitative estimate of drug-likeness (QED) is 0.847. The molecule has 1 atom stereocenters. The molecule has 0 fully saturated rings. The summed E-state index contributed by atoms with van der Waals surface area (Å²) in [6.07, 6.45) is 6.77. The Morgan fingerprint density at radius 3 is 2.71 bits per heavy atom. The van der Waals surface area contributed by atoms with E-state index in [1.807, 2.05) is 12.3 Å². The van der Waals surface area contributed by atoms with Gasteiger partial charge in [0.2, 0.25) is 0 Å². The van der Waals surface area contributed by atoms with Gasteiger partial charge in [-0.15, -0.1) is 0 Å². The molecule has 21 heavy (non-hydrogen) atoms. The van der Waals surface area contributed by atoms with Gasteiger partial charge in [0, 0.05) is 19.3 Å². The zero-order valence-corrected chi connectivity index (χ0v) is 12.4. The van der Waals surface area contributed by atoms with Gasteiger partial charge >= 0.3 is 0 Å². The number of benzene rings is 1. The first-order valence-electron chi connectivity index (χ1n) is 7.82. The van der Waals surface area contributed by atoms with Gasteiger partial charge in [0.15, 0.2) is 0 Å². The predicted molar refractivity (Wildman–Crippen MR) is 85.7 cm³/mol. The largest absolute Gasteiger partial charge is 0.326 e. The molecule has 0 aliphatic heterocycles. The van der Waals surface area contributed by atoms with Crippen LogP contribution < -0.4 is 11.1 Å². The van der Waals surface area contributed by atoms with Crippen LogP contribution in [0.4, 0.5) is 0 Å². The molecule has 1 unspecified atom stereocenters. The van der Waals surface area contributed by atoms with Crippen molar-refractivity contribution < 1.29 is 0 Å². The number of pyridine rings is 1. The second kappa shape index (κ2) is 6.83. The number of nitrogens with zero attached hydrogens (tertiary/aromatic N) is 1. The lowest BCUT2D eigenvalue weighted by Gasteiger charge is -2.18. The maximum absolute atomic E-state index is 5.64. The van der Waals surface area contributed by atoms with Crippen molar-refractivity contribution in [2.75, 3.05) is 0 Å². The number of nitrogens with one attached hydrogen (secondary N) is 1. The highest BCUT2D eigenvalue weighted by molar-refractivity contribution is 5.25. The topological polar surface area (TPSA) is 50.9 Å². The predicted octanol–water partition coefficient (Wildman–Crippen LogP) is 3.10. The standard InChI is InChI=1S/C18H23N3/c19-12-14-7-9-15(10-8-14)13-21-17-6-2-1-4-16-5-3-11-20-18(16)17/h3,5,7-11,17,21H,1-2,4,6,12-13,19H2. The summed E-state index contributed by atoms with van der Waals surface area (Å²) in [6, 6.07) is 13.2. The summed E-state index contributed by atoms with van der Waals surface area (Å²) < 4.78 is 0. The van der Waals surface area contributed by atoms with Crippen molar-refractivity contribution in [2.45, 2.75) is 44.8 Å². The summed E-state index contributed by atoms with van der Waals surface area (Å²) in [4.78, 5) is 4.62. The second-order valence-corrected chi connectivity index (χ2v) is 5.75. The Morgan fingerprint density at radius 2 is 1.90 bits per heavy atom. The van der Waals surface area contributed by atoms with E-state index >= 15 is 0 Å². The lowest BCUT2D eigenvalue weighted by molar-refractivity contribution is 0.480. The van der Waals surface area contributed by atoms with Crippen LogP contribution in [0, 0.1) is 0 Å². The van der Waals surface area contributed by atoms with Crippen LogP contribution in [-0.2, 0) is 19.5 Å². The van der Waals surface area contributed by atoms with Crippen LogP contribution in [0.5, 0.6) is 0 Å². The van der Waals surface area contributed by atoms with Crippen molar-refractivity contribution in [1.82, 2.24) is 10.3 Å². The third kappa shape index (κ3) is 3.49. The van der Waals surface area contributed by atoms with Crippen LogP contribution >= 0.6 is 0 Å². The van der Waals surface area contributed by atoms with Gasteiger partial charge in [-0.3, -0.25) is 4.98 Å². The van der Waals surface area contributed by atoms with Crippen LogP contribution in [0.25, 0.3) is 0 Å². The molecular formula is C18H23N3. The van der Waals surface area contributed by atoms with E-state index in [1.165, 1.54) is 41.6 Å². The molecular weight excluding hydrogens is 258 g/mol. The van der Waals surface area contributed by atoms with Crippen LogP contribution in [0.2, 0.25) is 0 Å².